The third kappa shape index (κ3) is 3.96. The van der Waals surface area contributed by atoms with Gasteiger partial charge in [0.05, 0.1) is 16.3 Å². The Bertz CT molecular complexity index is 884. The molecule has 27 heavy (non-hydrogen) atoms. The predicted octanol–water partition coefficient (Wildman–Crippen LogP) is 4.52. The zero-order valence-corrected chi connectivity index (χ0v) is 16.1. The summed E-state index contributed by atoms with van der Waals surface area (Å²) in [5, 5.41) is 0.724. The molecule has 1 aromatic heterocycles. The van der Waals surface area contributed by atoms with E-state index < -0.39 is 0 Å². The Kier molecular flexibility index (Phi) is 5.36. The van der Waals surface area contributed by atoms with Crippen molar-refractivity contribution in [3.05, 3.63) is 54.1 Å². The summed E-state index contributed by atoms with van der Waals surface area (Å²) in [5.41, 5.74) is 1.54. The minimum atomic E-state index is -0.0535. The van der Waals surface area contributed by atoms with Gasteiger partial charge in [0.1, 0.15) is 12.4 Å². The summed E-state index contributed by atoms with van der Waals surface area (Å²) >= 11 is 1.53. The van der Waals surface area contributed by atoms with E-state index in [-0.39, 0.29) is 12.0 Å². The van der Waals surface area contributed by atoms with Gasteiger partial charge in [-0.2, -0.15) is 0 Å². The Morgan fingerprint density at radius 1 is 1.26 bits per heavy atom. The fraction of sp³-hybridized carbons (Fsp3) is 0.333. The van der Waals surface area contributed by atoms with Crippen molar-refractivity contribution >= 4 is 32.6 Å². The van der Waals surface area contributed by atoms with Crippen LogP contribution in [0.2, 0.25) is 0 Å². The molecule has 1 atom stereocenters. The number of thiazole rings is 1. The van der Waals surface area contributed by atoms with Crippen LogP contribution in [0.4, 0.5) is 5.13 Å². The lowest BCUT2D eigenvalue weighted by molar-refractivity contribution is 0.0679. The molecule has 0 aliphatic carbocycles. The first-order chi connectivity index (χ1) is 13.2. The lowest BCUT2D eigenvalue weighted by Gasteiger charge is -2.18. The van der Waals surface area contributed by atoms with Crippen molar-refractivity contribution in [3.8, 4) is 5.75 Å². The maximum atomic E-state index is 13.0. The van der Waals surface area contributed by atoms with Gasteiger partial charge in [-0.15, -0.1) is 0 Å². The molecule has 6 heteroatoms. The Balaban J connectivity index is 1.46. The van der Waals surface area contributed by atoms with Gasteiger partial charge in [-0.3, -0.25) is 9.69 Å². The molecule has 1 fully saturated rings. The van der Waals surface area contributed by atoms with E-state index in [1.54, 1.807) is 4.90 Å². The normalized spacial score (nSPS) is 16.6. The monoisotopic (exact) mass is 382 g/mol. The number of carbonyl (C=O) groups is 1. The summed E-state index contributed by atoms with van der Waals surface area (Å²) in [6.07, 6.45) is 2.32. The predicted molar refractivity (Wildman–Crippen MR) is 108 cm³/mol. The smallest absolute Gasteiger partial charge is 0.260 e. The Morgan fingerprint density at radius 2 is 2.07 bits per heavy atom. The average molecular weight is 382 g/mol. The number of para-hydroxylation sites is 1. The quantitative estimate of drug-likeness (QED) is 0.629. The van der Waals surface area contributed by atoms with Crippen LogP contribution in [0.3, 0.4) is 0 Å². The van der Waals surface area contributed by atoms with Crippen LogP contribution in [0, 0.1) is 0 Å². The number of benzene rings is 2. The number of carbonyl (C=O) groups excluding carboxylic acids is 1. The second kappa shape index (κ2) is 8.06. The summed E-state index contributed by atoms with van der Waals surface area (Å²) < 4.78 is 12.4. The van der Waals surface area contributed by atoms with Gasteiger partial charge in [0.2, 0.25) is 0 Å². The lowest BCUT2D eigenvalue weighted by Crippen LogP contribution is -2.30. The third-order valence-corrected chi connectivity index (χ3v) is 5.70. The first-order valence-electron chi connectivity index (χ1n) is 9.26. The summed E-state index contributed by atoms with van der Waals surface area (Å²) in [6.45, 7) is 3.90. The van der Waals surface area contributed by atoms with Crippen molar-refractivity contribution in [2.45, 2.75) is 25.9 Å². The summed E-state index contributed by atoms with van der Waals surface area (Å²) in [5.74, 6) is 0.701. The second-order valence-corrected chi connectivity index (χ2v) is 7.49. The molecule has 1 amide bonds. The number of amides is 1. The molecule has 0 N–H and O–H groups in total. The molecule has 1 saturated heterocycles. The van der Waals surface area contributed by atoms with Crippen molar-refractivity contribution in [3.63, 3.8) is 0 Å². The highest BCUT2D eigenvalue weighted by Gasteiger charge is 2.20. The number of fused-ring (bicyclic) bond motifs is 1. The van der Waals surface area contributed by atoms with E-state index in [2.05, 4.69) is 4.98 Å². The highest BCUT2D eigenvalue weighted by atomic mass is 32.1. The zero-order chi connectivity index (χ0) is 18.6. The summed E-state index contributed by atoms with van der Waals surface area (Å²) in [7, 11) is 0. The Labute approximate surface area is 162 Å². The molecule has 5 nitrogen and oxygen atoms in total. The number of hydrogen-bond acceptors (Lipinski definition) is 5. The van der Waals surface area contributed by atoms with Gasteiger partial charge in [0.25, 0.3) is 5.91 Å². The van der Waals surface area contributed by atoms with E-state index >= 15 is 0 Å². The SMILES string of the molecule is CCN(C(=O)c1ccc(OCC2CCCO2)cc1)c1nc2ccccc2s1. The van der Waals surface area contributed by atoms with Gasteiger partial charge >= 0.3 is 0 Å². The first-order valence-corrected chi connectivity index (χ1v) is 10.1. The highest BCUT2D eigenvalue weighted by molar-refractivity contribution is 7.22. The maximum absolute atomic E-state index is 13.0. The van der Waals surface area contributed by atoms with Crippen molar-refractivity contribution < 1.29 is 14.3 Å². The molecule has 0 bridgehead atoms. The molecule has 2 aromatic carbocycles. The molecule has 2 heterocycles. The summed E-state index contributed by atoms with van der Waals surface area (Å²) in [6, 6.07) is 15.2. The standard InChI is InChI=1S/C21H22N2O3S/c1-2-23(21-22-18-7-3-4-8-19(18)27-21)20(24)15-9-11-16(12-10-15)26-14-17-6-5-13-25-17/h3-4,7-12,17H,2,5-6,13-14H2,1H3. The lowest BCUT2D eigenvalue weighted by atomic mass is 10.2. The van der Waals surface area contributed by atoms with Crippen molar-refractivity contribution in [2.75, 3.05) is 24.7 Å². The van der Waals surface area contributed by atoms with Crippen LogP contribution in [0.5, 0.6) is 5.75 Å². The zero-order valence-electron chi connectivity index (χ0n) is 15.3. The van der Waals surface area contributed by atoms with Gasteiger partial charge < -0.3 is 9.47 Å². The van der Waals surface area contributed by atoms with E-state index in [4.69, 9.17) is 9.47 Å². The molecular weight excluding hydrogens is 360 g/mol. The van der Waals surface area contributed by atoms with Gasteiger partial charge in [0, 0.05) is 18.7 Å². The van der Waals surface area contributed by atoms with Gasteiger partial charge in [-0.25, -0.2) is 4.98 Å². The van der Waals surface area contributed by atoms with Crippen LogP contribution in [0.25, 0.3) is 10.2 Å². The molecule has 0 saturated carbocycles. The Hall–Kier alpha value is -2.44. The van der Waals surface area contributed by atoms with Crippen LogP contribution in [0.1, 0.15) is 30.1 Å². The van der Waals surface area contributed by atoms with Crippen LogP contribution in [0.15, 0.2) is 48.5 Å². The van der Waals surface area contributed by atoms with Gasteiger partial charge in [-0.1, -0.05) is 23.5 Å². The van der Waals surface area contributed by atoms with Gasteiger partial charge in [0.15, 0.2) is 5.13 Å². The van der Waals surface area contributed by atoms with E-state index in [9.17, 15) is 4.79 Å². The van der Waals surface area contributed by atoms with Crippen LogP contribution >= 0.6 is 11.3 Å². The first kappa shape index (κ1) is 17.9. The number of hydrogen-bond donors (Lipinski definition) is 0. The molecule has 0 radical (unpaired) electrons. The number of rotatable bonds is 6. The van der Waals surface area contributed by atoms with E-state index in [0.29, 0.717) is 18.7 Å². The number of nitrogens with zero attached hydrogens (tertiary/aromatic N) is 2. The molecule has 0 spiro atoms. The third-order valence-electron chi connectivity index (χ3n) is 4.64. The minimum absolute atomic E-state index is 0.0535. The van der Waals surface area contributed by atoms with Crippen molar-refractivity contribution in [1.82, 2.24) is 4.98 Å². The molecule has 1 unspecified atom stereocenters. The molecule has 4 rings (SSSR count). The number of ether oxygens (including phenoxy) is 2. The topological polar surface area (TPSA) is 51.7 Å². The van der Waals surface area contributed by atoms with Crippen molar-refractivity contribution in [2.24, 2.45) is 0 Å². The largest absolute Gasteiger partial charge is 0.491 e. The molecule has 1 aliphatic rings. The van der Waals surface area contributed by atoms with Crippen LogP contribution in [-0.2, 0) is 4.74 Å². The van der Waals surface area contributed by atoms with Gasteiger partial charge in [-0.05, 0) is 56.2 Å². The summed E-state index contributed by atoms with van der Waals surface area (Å²) in [4.78, 5) is 19.3. The number of aromatic nitrogens is 1. The fourth-order valence-corrected chi connectivity index (χ4v) is 4.18. The highest BCUT2D eigenvalue weighted by Crippen LogP contribution is 2.29. The maximum Gasteiger partial charge on any atom is 0.260 e. The molecule has 3 aromatic rings. The molecular formula is C21H22N2O3S. The van der Waals surface area contributed by atoms with E-state index in [0.717, 1.165) is 40.5 Å². The van der Waals surface area contributed by atoms with E-state index in [1.165, 1.54) is 11.3 Å². The average Bonchev–Trinajstić information content (AvgIpc) is 3.37. The van der Waals surface area contributed by atoms with Crippen LogP contribution < -0.4 is 9.64 Å². The number of anilines is 1. The second-order valence-electron chi connectivity index (χ2n) is 6.48. The molecule has 140 valence electrons. The van der Waals surface area contributed by atoms with Crippen LogP contribution in [-0.4, -0.2) is 36.8 Å². The fourth-order valence-electron chi connectivity index (χ4n) is 3.16. The molecule has 1 aliphatic heterocycles. The minimum Gasteiger partial charge on any atom is -0.491 e. The van der Waals surface area contributed by atoms with E-state index in [1.807, 2.05) is 55.5 Å². The van der Waals surface area contributed by atoms with Crippen molar-refractivity contribution in [1.29, 1.82) is 0 Å². The Morgan fingerprint density at radius 3 is 2.78 bits per heavy atom.